The summed E-state index contributed by atoms with van der Waals surface area (Å²) in [6.45, 7) is 5.36. The van der Waals surface area contributed by atoms with Gasteiger partial charge in [-0.15, -0.1) is 0 Å². The summed E-state index contributed by atoms with van der Waals surface area (Å²) in [6.07, 6.45) is 0. The van der Waals surface area contributed by atoms with Gasteiger partial charge in [0.2, 0.25) is 11.8 Å². The first-order valence-corrected chi connectivity index (χ1v) is 7.15. The zero-order valence-electron chi connectivity index (χ0n) is 12.2. The van der Waals surface area contributed by atoms with E-state index in [1.165, 1.54) is 6.07 Å². The lowest BCUT2D eigenvalue weighted by molar-refractivity contribution is -0.126. The van der Waals surface area contributed by atoms with Crippen LogP contribution in [0.25, 0.3) is 0 Å². The first kappa shape index (κ1) is 17.8. The smallest absolute Gasteiger partial charge is 0.243 e. The van der Waals surface area contributed by atoms with Gasteiger partial charge >= 0.3 is 0 Å². The van der Waals surface area contributed by atoms with Gasteiger partial charge in [-0.25, -0.2) is 0 Å². The summed E-state index contributed by atoms with van der Waals surface area (Å²) >= 11 is 11.8. The Hall–Kier alpha value is -1.30. The largest absolute Gasteiger partial charge is 0.346 e. The van der Waals surface area contributed by atoms with E-state index in [4.69, 9.17) is 28.9 Å². The zero-order valence-corrected chi connectivity index (χ0v) is 13.7. The Morgan fingerprint density at radius 1 is 1.29 bits per heavy atom. The minimum atomic E-state index is -0.694. The zero-order chi connectivity index (χ0) is 16.2. The summed E-state index contributed by atoms with van der Waals surface area (Å²) in [5.41, 5.74) is 5.81. The molecule has 1 rings (SSSR count). The molecule has 5 nitrogen and oxygen atoms in total. The molecule has 0 radical (unpaired) electrons. The molecular formula is C14H19Cl2N3O2. The molecular weight excluding hydrogens is 313 g/mol. The van der Waals surface area contributed by atoms with Crippen LogP contribution >= 0.6 is 23.2 Å². The number of benzene rings is 1. The maximum absolute atomic E-state index is 11.8. The van der Waals surface area contributed by atoms with Crippen molar-refractivity contribution >= 4 is 40.7 Å². The predicted octanol–water partition coefficient (Wildman–Crippen LogP) is 2.42. The molecule has 0 aliphatic rings. The number of anilines is 1. The number of nitrogens with one attached hydrogen (secondary N) is 2. The van der Waals surface area contributed by atoms with E-state index in [0.29, 0.717) is 15.7 Å². The molecule has 1 aromatic carbocycles. The average Bonchev–Trinajstić information content (AvgIpc) is 2.38. The number of carbonyl (C=O) groups excluding carboxylic acids is 2. The summed E-state index contributed by atoms with van der Waals surface area (Å²) in [6, 6.07) is 4.03. The molecule has 4 N–H and O–H groups in total. The van der Waals surface area contributed by atoms with Crippen molar-refractivity contribution < 1.29 is 9.59 Å². The van der Waals surface area contributed by atoms with E-state index in [1.807, 2.05) is 20.8 Å². The number of nitrogens with two attached hydrogens (primary N) is 1. The molecule has 0 aliphatic heterocycles. The molecule has 7 heteroatoms. The van der Waals surface area contributed by atoms with E-state index in [9.17, 15) is 9.59 Å². The second kappa shape index (κ2) is 7.11. The maximum atomic E-state index is 11.8. The summed E-state index contributed by atoms with van der Waals surface area (Å²) < 4.78 is 0. The molecule has 116 valence electrons. The van der Waals surface area contributed by atoms with Crippen molar-refractivity contribution in [3.8, 4) is 0 Å². The van der Waals surface area contributed by atoms with Crippen LogP contribution in [0.2, 0.25) is 10.0 Å². The molecule has 0 spiro atoms. The molecule has 0 fully saturated rings. The third-order valence-electron chi connectivity index (χ3n) is 2.84. The highest BCUT2D eigenvalue weighted by Crippen LogP contribution is 2.25. The maximum Gasteiger partial charge on any atom is 0.243 e. The van der Waals surface area contributed by atoms with Crippen LogP contribution < -0.4 is 16.4 Å². The molecule has 1 atom stereocenters. The van der Waals surface area contributed by atoms with E-state index in [0.717, 1.165) is 0 Å². The summed E-state index contributed by atoms with van der Waals surface area (Å²) in [5, 5.41) is 5.88. The third-order valence-corrected chi connectivity index (χ3v) is 3.41. The van der Waals surface area contributed by atoms with Crippen LogP contribution in [0.5, 0.6) is 0 Å². The van der Waals surface area contributed by atoms with Crippen LogP contribution in [0.3, 0.4) is 0 Å². The topological polar surface area (TPSA) is 84.2 Å². The molecule has 2 amide bonds. The Bertz CT molecular complexity index is 542. The minimum absolute atomic E-state index is 0.189. The fraction of sp³-hybridized carbons (Fsp3) is 0.429. The standard InChI is InChI=1S/C14H19Cl2N3O2/c1-14(2,3)12(17)13(21)18-7-11(20)19-10-6-8(15)4-5-9(10)16/h4-6,12H,7,17H2,1-3H3,(H,18,21)(H,19,20)/t12-/m1/s1. The normalized spacial score (nSPS) is 12.7. The number of amides is 2. The van der Waals surface area contributed by atoms with Crippen molar-refractivity contribution in [3.05, 3.63) is 28.2 Å². The van der Waals surface area contributed by atoms with Gasteiger partial charge in [0.25, 0.3) is 0 Å². The van der Waals surface area contributed by atoms with Crippen molar-refractivity contribution in [1.82, 2.24) is 5.32 Å². The van der Waals surface area contributed by atoms with Gasteiger partial charge in [-0.3, -0.25) is 9.59 Å². The first-order valence-electron chi connectivity index (χ1n) is 6.39. The molecule has 0 saturated carbocycles. The molecule has 21 heavy (non-hydrogen) atoms. The van der Waals surface area contributed by atoms with E-state index in [2.05, 4.69) is 10.6 Å². The predicted molar refractivity (Wildman–Crippen MR) is 85.5 cm³/mol. The summed E-state index contributed by atoms with van der Waals surface area (Å²) in [5.74, 6) is -0.788. The van der Waals surface area contributed by atoms with Crippen molar-refractivity contribution in [1.29, 1.82) is 0 Å². The van der Waals surface area contributed by atoms with Crippen molar-refractivity contribution in [2.45, 2.75) is 26.8 Å². The number of carbonyl (C=O) groups is 2. The highest BCUT2D eigenvalue weighted by molar-refractivity contribution is 6.35. The SMILES string of the molecule is CC(C)(C)[C@H](N)C(=O)NCC(=O)Nc1cc(Cl)ccc1Cl. The second-order valence-electron chi connectivity index (χ2n) is 5.73. The summed E-state index contributed by atoms with van der Waals surface area (Å²) in [7, 11) is 0. The molecule has 0 heterocycles. The molecule has 0 saturated heterocycles. The van der Waals surface area contributed by atoms with Crippen LogP contribution in [0, 0.1) is 5.41 Å². The fourth-order valence-electron chi connectivity index (χ4n) is 1.46. The van der Waals surface area contributed by atoms with E-state index >= 15 is 0 Å². The number of hydrogen-bond acceptors (Lipinski definition) is 3. The Labute approximate surface area is 134 Å². The molecule has 0 bridgehead atoms. The Kier molecular flexibility index (Phi) is 6.01. The first-order chi connectivity index (χ1) is 9.61. The van der Waals surface area contributed by atoms with Gasteiger partial charge in [0, 0.05) is 5.02 Å². The van der Waals surface area contributed by atoms with Crippen molar-refractivity contribution in [3.63, 3.8) is 0 Å². The lowest BCUT2D eigenvalue weighted by atomic mass is 9.87. The van der Waals surface area contributed by atoms with E-state index in [-0.39, 0.29) is 17.9 Å². The molecule has 0 aromatic heterocycles. The van der Waals surface area contributed by atoms with Crippen molar-refractivity contribution in [2.75, 3.05) is 11.9 Å². The Balaban J connectivity index is 2.55. The molecule has 0 unspecified atom stereocenters. The van der Waals surface area contributed by atoms with E-state index < -0.39 is 11.9 Å². The number of hydrogen-bond donors (Lipinski definition) is 3. The lowest BCUT2D eigenvalue weighted by Crippen LogP contribution is -2.50. The van der Waals surface area contributed by atoms with Crippen LogP contribution in [0.15, 0.2) is 18.2 Å². The highest BCUT2D eigenvalue weighted by Gasteiger charge is 2.27. The van der Waals surface area contributed by atoms with Gasteiger partial charge in [0.15, 0.2) is 0 Å². The van der Waals surface area contributed by atoms with Gasteiger partial charge in [-0.2, -0.15) is 0 Å². The minimum Gasteiger partial charge on any atom is -0.346 e. The Morgan fingerprint density at radius 2 is 1.90 bits per heavy atom. The highest BCUT2D eigenvalue weighted by atomic mass is 35.5. The van der Waals surface area contributed by atoms with Gasteiger partial charge in [0.1, 0.15) is 0 Å². The van der Waals surface area contributed by atoms with Gasteiger partial charge in [-0.05, 0) is 23.6 Å². The average molecular weight is 332 g/mol. The van der Waals surface area contributed by atoms with Crippen LogP contribution in [0.1, 0.15) is 20.8 Å². The van der Waals surface area contributed by atoms with Crippen LogP contribution in [-0.4, -0.2) is 24.4 Å². The number of halogens is 2. The van der Waals surface area contributed by atoms with Gasteiger partial charge < -0.3 is 16.4 Å². The van der Waals surface area contributed by atoms with Gasteiger partial charge in [0.05, 0.1) is 23.3 Å². The third kappa shape index (κ3) is 5.53. The second-order valence-corrected chi connectivity index (χ2v) is 6.58. The lowest BCUT2D eigenvalue weighted by Gasteiger charge is -2.25. The monoisotopic (exact) mass is 331 g/mol. The molecule has 1 aromatic rings. The van der Waals surface area contributed by atoms with Gasteiger partial charge in [-0.1, -0.05) is 44.0 Å². The van der Waals surface area contributed by atoms with E-state index in [1.54, 1.807) is 12.1 Å². The summed E-state index contributed by atoms with van der Waals surface area (Å²) in [4.78, 5) is 23.6. The van der Waals surface area contributed by atoms with Crippen LogP contribution in [0.4, 0.5) is 5.69 Å². The Morgan fingerprint density at radius 3 is 2.48 bits per heavy atom. The van der Waals surface area contributed by atoms with Crippen molar-refractivity contribution in [2.24, 2.45) is 11.1 Å². The number of rotatable bonds is 4. The van der Waals surface area contributed by atoms with Crippen LogP contribution in [-0.2, 0) is 9.59 Å². The molecule has 0 aliphatic carbocycles. The quantitative estimate of drug-likeness (QED) is 0.792. The fourth-order valence-corrected chi connectivity index (χ4v) is 1.80.